The van der Waals surface area contributed by atoms with Crippen molar-refractivity contribution in [3.63, 3.8) is 0 Å². The molecule has 0 spiro atoms. The molecule has 2 nitrogen and oxygen atoms in total. The second kappa shape index (κ2) is 6.18. The van der Waals surface area contributed by atoms with Crippen LogP contribution in [-0.4, -0.2) is 30.3 Å². The molecule has 14 heavy (non-hydrogen) atoms. The lowest BCUT2D eigenvalue weighted by Gasteiger charge is -2.20. The van der Waals surface area contributed by atoms with E-state index in [0.29, 0.717) is 18.6 Å². The monoisotopic (exact) mass is 199 g/mol. The Morgan fingerprint density at radius 1 is 1.14 bits per heavy atom. The van der Waals surface area contributed by atoms with E-state index in [1.54, 1.807) is 0 Å². The minimum Gasteiger partial charge on any atom is -0.303 e. The molecule has 0 aliphatic rings. The highest BCUT2D eigenvalue weighted by atomic mass is 16.1. The SMILES string of the molecule is CCN(CC)CCC(=O)CC(C)(C)C. The van der Waals surface area contributed by atoms with Gasteiger partial charge >= 0.3 is 0 Å². The number of ketones is 1. The van der Waals surface area contributed by atoms with E-state index in [-0.39, 0.29) is 5.41 Å². The third-order valence-electron chi connectivity index (χ3n) is 2.33. The molecule has 0 aromatic heterocycles. The zero-order valence-corrected chi connectivity index (χ0v) is 10.4. The lowest BCUT2D eigenvalue weighted by Crippen LogP contribution is -2.26. The van der Waals surface area contributed by atoms with Gasteiger partial charge in [0, 0.05) is 19.4 Å². The number of Topliss-reactive ketones (excluding diaryl/α,β-unsaturated/α-hetero) is 1. The molecule has 0 amide bonds. The first-order chi connectivity index (χ1) is 6.39. The van der Waals surface area contributed by atoms with Gasteiger partial charge in [-0.05, 0) is 18.5 Å². The van der Waals surface area contributed by atoms with E-state index in [2.05, 4.69) is 39.5 Å². The van der Waals surface area contributed by atoms with Gasteiger partial charge in [0.25, 0.3) is 0 Å². The number of hydrogen-bond donors (Lipinski definition) is 0. The third-order valence-corrected chi connectivity index (χ3v) is 2.33. The molecule has 0 saturated carbocycles. The second-order valence-electron chi connectivity index (χ2n) is 5.05. The summed E-state index contributed by atoms with van der Waals surface area (Å²) in [6.45, 7) is 13.6. The van der Waals surface area contributed by atoms with Crippen LogP contribution in [0, 0.1) is 5.41 Å². The quantitative estimate of drug-likeness (QED) is 0.655. The van der Waals surface area contributed by atoms with Crippen LogP contribution in [0.2, 0.25) is 0 Å². The molecule has 0 aliphatic heterocycles. The molecular formula is C12H25NO. The van der Waals surface area contributed by atoms with Gasteiger partial charge in [0.2, 0.25) is 0 Å². The summed E-state index contributed by atoms with van der Waals surface area (Å²) in [6, 6.07) is 0. The molecule has 0 N–H and O–H groups in total. The lowest BCUT2D eigenvalue weighted by molar-refractivity contribution is -0.121. The summed E-state index contributed by atoms with van der Waals surface area (Å²) in [6.07, 6.45) is 1.41. The van der Waals surface area contributed by atoms with Gasteiger partial charge in [-0.2, -0.15) is 0 Å². The summed E-state index contributed by atoms with van der Waals surface area (Å²) in [5.74, 6) is 0.393. The predicted molar refractivity (Wildman–Crippen MR) is 61.5 cm³/mol. The van der Waals surface area contributed by atoms with Crippen molar-refractivity contribution in [3.05, 3.63) is 0 Å². The minimum absolute atomic E-state index is 0.139. The third kappa shape index (κ3) is 7.07. The van der Waals surface area contributed by atoms with Crippen LogP contribution in [0.5, 0.6) is 0 Å². The standard InChI is InChI=1S/C12H25NO/c1-6-13(7-2)9-8-11(14)10-12(3,4)5/h6-10H2,1-5H3. The van der Waals surface area contributed by atoms with Gasteiger partial charge in [0.1, 0.15) is 5.78 Å². The maximum Gasteiger partial charge on any atom is 0.134 e. The Labute approximate surface area is 88.7 Å². The lowest BCUT2D eigenvalue weighted by atomic mass is 9.89. The molecule has 0 heterocycles. The van der Waals surface area contributed by atoms with Gasteiger partial charge < -0.3 is 4.90 Å². The van der Waals surface area contributed by atoms with Crippen LogP contribution in [0.1, 0.15) is 47.5 Å². The van der Waals surface area contributed by atoms with E-state index in [4.69, 9.17) is 0 Å². The van der Waals surface area contributed by atoms with E-state index < -0.39 is 0 Å². The number of rotatable bonds is 6. The van der Waals surface area contributed by atoms with Crippen LogP contribution in [0.4, 0.5) is 0 Å². The van der Waals surface area contributed by atoms with Crippen molar-refractivity contribution in [3.8, 4) is 0 Å². The van der Waals surface area contributed by atoms with Gasteiger partial charge in [-0.25, -0.2) is 0 Å². The summed E-state index contributed by atoms with van der Waals surface area (Å²) in [5.41, 5.74) is 0.139. The first-order valence-electron chi connectivity index (χ1n) is 5.63. The van der Waals surface area contributed by atoms with Crippen molar-refractivity contribution >= 4 is 5.78 Å². The highest BCUT2D eigenvalue weighted by Gasteiger charge is 2.15. The van der Waals surface area contributed by atoms with Gasteiger partial charge in [0.15, 0.2) is 0 Å². The first-order valence-corrected chi connectivity index (χ1v) is 5.63. The number of carbonyl (C=O) groups excluding carboxylic acids is 1. The van der Waals surface area contributed by atoms with E-state index in [1.807, 2.05) is 0 Å². The number of nitrogens with zero attached hydrogens (tertiary/aromatic N) is 1. The molecule has 0 aromatic carbocycles. The Morgan fingerprint density at radius 3 is 2.00 bits per heavy atom. The molecule has 0 fully saturated rings. The van der Waals surface area contributed by atoms with Gasteiger partial charge in [-0.3, -0.25) is 4.79 Å². The van der Waals surface area contributed by atoms with Gasteiger partial charge in [-0.1, -0.05) is 34.6 Å². The van der Waals surface area contributed by atoms with Crippen LogP contribution in [-0.2, 0) is 4.79 Å². The van der Waals surface area contributed by atoms with Crippen LogP contribution in [0.3, 0.4) is 0 Å². The molecule has 84 valence electrons. The van der Waals surface area contributed by atoms with Crippen molar-refractivity contribution in [1.29, 1.82) is 0 Å². The minimum atomic E-state index is 0.139. The molecule has 0 aromatic rings. The Hall–Kier alpha value is -0.370. The largest absolute Gasteiger partial charge is 0.303 e. The summed E-state index contributed by atoms with van der Waals surface area (Å²) in [4.78, 5) is 13.9. The Morgan fingerprint density at radius 2 is 1.64 bits per heavy atom. The smallest absolute Gasteiger partial charge is 0.134 e. The van der Waals surface area contributed by atoms with E-state index in [1.165, 1.54) is 0 Å². The maximum atomic E-state index is 11.6. The Kier molecular flexibility index (Phi) is 6.01. The normalized spacial score (nSPS) is 12.1. The van der Waals surface area contributed by atoms with Crippen molar-refractivity contribution < 1.29 is 4.79 Å². The van der Waals surface area contributed by atoms with Crippen LogP contribution < -0.4 is 0 Å². The molecule has 0 radical (unpaired) electrons. The van der Waals surface area contributed by atoms with E-state index in [9.17, 15) is 4.79 Å². The van der Waals surface area contributed by atoms with Crippen molar-refractivity contribution in [2.75, 3.05) is 19.6 Å². The molecule has 0 bridgehead atoms. The average molecular weight is 199 g/mol. The maximum absolute atomic E-state index is 11.6. The molecule has 0 rings (SSSR count). The fraction of sp³-hybridized carbons (Fsp3) is 0.917. The molecule has 0 atom stereocenters. The zero-order valence-electron chi connectivity index (χ0n) is 10.4. The van der Waals surface area contributed by atoms with E-state index >= 15 is 0 Å². The Bertz CT molecular complexity index is 166. The van der Waals surface area contributed by atoms with Gasteiger partial charge in [-0.15, -0.1) is 0 Å². The first kappa shape index (κ1) is 13.6. The van der Waals surface area contributed by atoms with Crippen LogP contribution in [0.25, 0.3) is 0 Å². The highest BCUT2D eigenvalue weighted by molar-refractivity contribution is 5.79. The van der Waals surface area contributed by atoms with Crippen molar-refractivity contribution in [1.82, 2.24) is 4.90 Å². The average Bonchev–Trinajstić information content (AvgIpc) is 2.03. The number of hydrogen-bond acceptors (Lipinski definition) is 2. The fourth-order valence-electron chi connectivity index (χ4n) is 1.50. The van der Waals surface area contributed by atoms with Crippen molar-refractivity contribution in [2.24, 2.45) is 5.41 Å². The molecular weight excluding hydrogens is 174 g/mol. The van der Waals surface area contributed by atoms with Crippen LogP contribution >= 0.6 is 0 Å². The Balaban J connectivity index is 3.74. The second-order valence-corrected chi connectivity index (χ2v) is 5.05. The zero-order chi connectivity index (χ0) is 11.2. The molecule has 0 aliphatic carbocycles. The summed E-state index contributed by atoms with van der Waals surface area (Å²) >= 11 is 0. The molecule has 2 heteroatoms. The summed E-state index contributed by atoms with van der Waals surface area (Å²) in [7, 11) is 0. The molecule has 0 unspecified atom stereocenters. The van der Waals surface area contributed by atoms with Gasteiger partial charge in [0.05, 0.1) is 0 Å². The number of carbonyl (C=O) groups is 1. The molecule has 0 saturated heterocycles. The topological polar surface area (TPSA) is 20.3 Å². The highest BCUT2D eigenvalue weighted by Crippen LogP contribution is 2.19. The van der Waals surface area contributed by atoms with E-state index in [0.717, 1.165) is 19.6 Å². The fourth-order valence-corrected chi connectivity index (χ4v) is 1.50. The van der Waals surface area contributed by atoms with Crippen molar-refractivity contribution in [2.45, 2.75) is 47.5 Å². The summed E-state index contributed by atoms with van der Waals surface area (Å²) in [5, 5.41) is 0. The summed E-state index contributed by atoms with van der Waals surface area (Å²) < 4.78 is 0. The van der Waals surface area contributed by atoms with Crippen LogP contribution in [0.15, 0.2) is 0 Å². The predicted octanol–water partition coefficient (Wildman–Crippen LogP) is 2.72.